The van der Waals surface area contributed by atoms with E-state index in [-0.39, 0.29) is 19.6 Å². The highest BCUT2D eigenvalue weighted by molar-refractivity contribution is 5.86. The second-order valence-electron chi connectivity index (χ2n) is 3.33. The Labute approximate surface area is 91.4 Å². The molecule has 0 bridgehead atoms. The van der Waals surface area contributed by atoms with Gasteiger partial charge in [-0.05, 0) is 0 Å². The summed E-state index contributed by atoms with van der Waals surface area (Å²) in [6.45, 7) is -0.0594. The van der Waals surface area contributed by atoms with Gasteiger partial charge >= 0.3 is 12.2 Å². The minimum atomic E-state index is -1.22. The molecule has 1 unspecified atom stereocenters. The van der Waals surface area contributed by atoms with Crippen molar-refractivity contribution < 1.29 is 24.6 Å². The quantitative estimate of drug-likeness (QED) is 0.540. The minimum absolute atomic E-state index is 0.000278. The highest BCUT2D eigenvalue weighted by Crippen LogP contribution is 2.10. The van der Waals surface area contributed by atoms with Gasteiger partial charge in [-0.15, -0.1) is 0 Å². The lowest BCUT2D eigenvalue weighted by atomic mass is 10.1. The Balaban J connectivity index is 2.81. The molecule has 8 heteroatoms. The standard InChI is InChI=1S/C8H13N3O5/c1-9-6(12)5-4-10(7(13)14)2-3-11(5)8(15)16/h5H,2-4H2,1H3,(H,9,12)(H,13,14)(H,15,16). The van der Waals surface area contributed by atoms with Crippen LogP contribution in [-0.4, -0.2) is 70.8 Å². The van der Waals surface area contributed by atoms with Crippen molar-refractivity contribution in [1.82, 2.24) is 15.1 Å². The number of nitrogens with one attached hydrogen (secondary N) is 1. The number of rotatable bonds is 1. The van der Waals surface area contributed by atoms with Crippen LogP contribution in [0.4, 0.5) is 9.59 Å². The Morgan fingerprint density at radius 2 is 1.81 bits per heavy atom. The van der Waals surface area contributed by atoms with Crippen LogP contribution in [0.3, 0.4) is 0 Å². The number of carbonyl (C=O) groups is 3. The van der Waals surface area contributed by atoms with Crippen molar-refractivity contribution in [2.24, 2.45) is 0 Å². The molecule has 1 saturated heterocycles. The van der Waals surface area contributed by atoms with E-state index in [0.717, 1.165) is 9.80 Å². The van der Waals surface area contributed by atoms with E-state index in [1.807, 2.05) is 0 Å². The molecule has 0 spiro atoms. The fourth-order valence-corrected chi connectivity index (χ4v) is 1.58. The summed E-state index contributed by atoms with van der Waals surface area (Å²) < 4.78 is 0. The molecule has 0 radical (unpaired) electrons. The van der Waals surface area contributed by atoms with Crippen LogP contribution >= 0.6 is 0 Å². The number of hydrogen-bond acceptors (Lipinski definition) is 3. The number of carbonyl (C=O) groups excluding carboxylic acids is 1. The number of likely N-dealkylation sites (N-methyl/N-ethyl adjacent to an activating group) is 1. The molecule has 3 N–H and O–H groups in total. The van der Waals surface area contributed by atoms with Crippen LogP contribution in [0, 0.1) is 0 Å². The second kappa shape index (κ2) is 4.69. The van der Waals surface area contributed by atoms with Crippen molar-refractivity contribution >= 4 is 18.1 Å². The van der Waals surface area contributed by atoms with E-state index >= 15 is 0 Å². The third-order valence-corrected chi connectivity index (χ3v) is 2.45. The van der Waals surface area contributed by atoms with Crippen LogP contribution < -0.4 is 5.32 Å². The van der Waals surface area contributed by atoms with Crippen molar-refractivity contribution in [3.63, 3.8) is 0 Å². The summed E-state index contributed by atoms with van der Waals surface area (Å²) in [4.78, 5) is 34.9. The molecular formula is C8H13N3O5. The van der Waals surface area contributed by atoms with E-state index in [9.17, 15) is 14.4 Å². The van der Waals surface area contributed by atoms with Gasteiger partial charge in [0.1, 0.15) is 6.04 Å². The van der Waals surface area contributed by atoms with Crippen molar-refractivity contribution in [1.29, 1.82) is 0 Å². The molecule has 16 heavy (non-hydrogen) atoms. The first-order chi connectivity index (χ1) is 7.47. The van der Waals surface area contributed by atoms with Gasteiger partial charge in [0, 0.05) is 20.1 Å². The largest absolute Gasteiger partial charge is 0.465 e. The first kappa shape index (κ1) is 12.1. The predicted molar refractivity (Wildman–Crippen MR) is 52.2 cm³/mol. The Hall–Kier alpha value is -1.99. The highest BCUT2D eigenvalue weighted by atomic mass is 16.4. The maximum atomic E-state index is 11.4. The van der Waals surface area contributed by atoms with Crippen molar-refractivity contribution in [2.45, 2.75) is 6.04 Å². The first-order valence-corrected chi connectivity index (χ1v) is 4.66. The second-order valence-corrected chi connectivity index (χ2v) is 3.33. The summed E-state index contributed by atoms with van der Waals surface area (Å²) in [5, 5.41) is 19.9. The van der Waals surface area contributed by atoms with Crippen LogP contribution in [0.5, 0.6) is 0 Å². The SMILES string of the molecule is CNC(=O)C1CN(C(=O)O)CCN1C(=O)O. The van der Waals surface area contributed by atoms with Crippen LogP contribution in [0.15, 0.2) is 0 Å². The average Bonchev–Trinajstić information content (AvgIpc) is 2.26. The van der Waals surface area contributed by atoms with Crippen LogP contribution in [0.2, 0.25) is 0 Å². The maximum Gasteiger partial charge on any atom is 0.408 e. The lowest BCUT2D eigenvalue weighted by Gasteiger charge is -2.37. The Bertz CT molecular complexity index is 319. The van der Waals surface area contributed by atoms with Gasteiger partial charge in [0.2, 0.25) is 5.91 Å². The molecule has 1 aliphatic rings. The summed E-state index contributed by atoms with van der Waals surface area (Å²) in [5.41, 5.74) is 0. The lowest BCUT2D eigenvalue weighted by Crippen LogP contribution is -2.60. The van der Waals surface area contributed by atoms with E-state index in [1.165, 1.54) is 7.05 Å². The average molecular weight is 231 g/mol. The van der Waals surface area contributed by atoms with Gasteiger partial charge in [-0.3, -0.25) is 9.69 Å². The van der Waals surface area contributed by atoms with Gasteiger partial charge in [-0.2, -0.15) is 0 Å². The Morgan fingerprint density at radius 1 is 1.19 bits per heavy atom. The number of carboxylic acid groups (broad SMARTS) is 2. The molecule has 1 fully saturated rings. The molecule has 0 aromatic heterocycles. The molecule has 0 aromatic carbocycles. The minimum Gasteiger partial charge on any atom is -0.465 e. The fourth-order valence-electron chi connectivity index (χ4n) is 1.58. The molecule has 1 heterocycles. The van der Waals surface area contributed by atoms with Crippen molar-refractivity contribution in [3.05, 3.63) is 0 Å². The third kappa shape index (κ3) is 2.33. The smallest absolute Gasteiger partial charge is 0.408 e. The summed E-state index contributed by atoms with van der Waals surface area (Å²) in [5.74, 6) is -0.506. The molecular weight excluding hydrogens is 218 g/mol. The van der Waals surface area contributed by atoms with Gasteiger partial charge in [-0.25, -0.2) is 9.59 Å². The van der Waals surface area contributed by atoms with Gasteiger partial charge in [0.15, 0.2) is 0 Å². The van der Waals surface area contributed by atoms with Gasteiger partial charge < -0.3 is 20.4 Å². The molecule has 0 aliphatic carbocycles. The number of piperazine rings is 1. The van der Waals surface area contributed by atoms with Gasteiger partial charge in [0.25, 0.3) is 0 Å². The molecule has 3 amide bonds. The van der Waals surface area contributed by atoms with Crippen molar-refractivity contribution in [2.75, 3.05) is 26.7 Å². The van der Waals surface area contributed by atoms with E-state index in [1.54, 1.807) is 0 Å². The van der Waals surface area contributed by atoms with Gasteiger partial charge in [0.05, 0.1) is 6.54 Å². The lowest BCUT2D eigenvalue weighted by molar-refractivity contribution is -0.127. The zero-order valence-corrected chi connectivity index (χ0v) is 8.71. The first-order valence-electron chi connectivity index (χ1n) is 4.66. The third-order valence-electron chi connectivity index (χ3n) is 2.45. The van der Waals surface area contributed by atoms with E-state index in [4.69, 9.17) is 10.2 Å². The Kier molecular flexibility index (Phi) is 3.54. The number of hydrogen-bond donors (Lipinski definition) is 3. The summed E-state index contributed by atoms with van der Waals surface area (Å²) in [7, 11) is 1.38. The normalized spacial score (nSPS) is 20.4. The molecule has 0 aromatic rings. The van der Waals surface area contributed by atoms with Crippen molar-refractivity contribution in [3.8, 4) is 0 Å². The fraction of sp³-hybridized carbons (Fsp3) is 0.625. The summed E-state index contributed by atoms with van der Waals surface area (Å²) in [6, 6.07) is -0.979. The van der Waals surface area contributed by atoms with Gasteiger partial charge in [-0.1, -0.05) is 0 Å². The maximum absolute atomic E-state index is 11.4. The topological polar surface area (TPSA) is 110 Å². The zero-order valence-electron chi connectivity index (χ0n) is 8.71. The molecule has 0 saturated carbocycles. The molecule has 1 rings (SSSR count). The molecule has 1 aliphatic heterocycles. The van der Waals surface area contributed by atoms with E-state index in [0.29, 0.717) is 0 Å². The summed E-state index contributed by atoms with van der Waals surface area (Å²) >= 11 is 0. The van der Waals surface area contributed by atoms with Crippen LogP contribution in [0.1, 0.15) is 0 Å². The molecule has 1 atom stereocenters. The molecule has 8 nitrogen and oxygen atoms in total. The predicted octanol–water partition coefficient (Wildman–Crippen LogP) is -0.925. The monoisotopic (exact) mass is 231 g/mol. The van der Waals surface area contributed by atoms with Crippen LogP contribution in [-0.2, 0) is 4.79 Å². The Morgan fingerprint density at radius 3 is 2.25 bits per heavy atom. The van der Waals surface area contributed by atoms with Crippen LogP contribution in [0.25, 0.3) is 0 Å². The number of amides is 3. The highest BCUT2D eigenvalue weighted by Gasteiger charge is 2.36. The van der Waals surface area contributed by atoms with E-state index in [2.05, 4.69) is 5.32 Å². The van der Waals surface area contributed by atoms with E-state index < -0.39 is 24.1 Å². The molecule has 90 valence electrons. The zero-order chi connectivity index (χ0) is 12.3. The summed E-state index contributed by atoms with van der Waals surface area (Å²) in [6.07, 6.45) is -2.38. The number of nitrogens with zero attached hydrogens (tertiary/aromatic N) is 2.